The van der Waals surface area contributed by atoms with Gasteiger partial charge in [0.2, 0.25) is 0 Å². The molecule has 0 aliphatic carbocycles. The lowest BCUT2D eigenvalue weighted by Crippen LogP contribution is -2.21. The summed E-state index contributed by atoms with van der Waals surface area (Å²) in [6.07, 6.45) is 3.41. The molecule has 6 nitrogen and oxygen atoms in total. The summed E-state index contributed by atoms with van der Waals surface area (Å²) in [5, 5.41) is 11.2. The Labute approximate surface area is 167 Å². The van der Waals surface area contributed by atoms with Crippen molar-refractivity contribution in [1.29, 1.82) is 0 Å². The Kier molecular flexibility index (Phi) is 5.79. The van der Waals surface area contributed by atoms with Crippen LogP contribution < -0.4 is 10.6 Å². The third kappa shape index (κ3) is 4.47. The molecule has 0 aliphatic rings. The van der Waals surface area contributed by atoms with Crippen molar-refractivity contribution < 1.29 is 4.79 Å². The second kappa shape index (κ2) is 8.08. The molecule has 2 aromatic heterocycles. The first kappa shape index (κ1) is 19.4. The van der Waals surface area contributed by atoms with Gasteiger partial charge >= 0.3 is 6.03 Å². The lowest BCUT2D eigenvalue weighted by atomic mass is 10.1. The number of hydrogen-bond donors (Lipinski definition) is 2. The first-order valence-corrected chi connectivity index (χ1v) is 9.82. The highest BCUT2D eigenvalue weighted by Gasteiger charge is 2.17. The Balaban J connectivity index is 1.83. The Morgan fingerprint density at radius 2 is 1.89 bits per heavy atom. The fourth-order valence-corrected chi connectivity index (χ4v) is 3.46. The number of nitrogens with one attached hydrogen (secondary N) is 2. The molecule has 142 valence electrons. The number of rotatable bonds is 5. The van der Waals surface area contributed by atoms with Gasteiger partial charge in [-0.2, -0.15) is 5.10 Å². The highest BCUT2D eigenvalue weighted by Crippen LogP contribution is 2.27. The zero-order chi connectivity index (χ0) is 19.6. The summed E-state index contributed by atoms with van der Waals surface area (Å²) in [5.41, 5.74) is 3.30. The average Bonchev–Trinajstić information content (AvgIpc) is 2.97. The molecule has 1 aromatic carbocycles. The van der Waals surface area contributed by atoms with Gasteiger partial charge in [0.15, 0.2) is 0 Å². The molecule has 3 rings (SSSR count). The van der Waals surface area contributed by atoms with Gasteiger partial charge in [0.25, 0.3) is 0 Å². The van der Waals surface area contributed by atoms with Crippen LogP contribution in [-0.4, -0.2) is 20.8 Å². The highest BCUT2D eigenvalue weighted by molar-refractivity contribution is 9.10. The van der Waals surface area contributed by atoms with Gasteiger partial charge in [-0.1, -0.05) is 43.6 Å². The minimum Gasteiger partial charge on any atom is -0.307 e. The van der Waals surface area contributed by atoms with Crippen LogP contribution in [0.2, 0.25) is 0 Å². The van der Waals surface area contributed by atoms with Gasteiger partial charge in [0, 0.05) is 22.6 Å². The van der Waals surface area contributed by atoms with E-state index in [0.717, 1.165) is 33.3 Å². The quantitative estimate of drug-likeness (QED) is 0.552. The van der Waals surface area contributed by atoms with E-state index < -0.39 is 0 Å². The van der Waals surface area contributed by atoms with Crippen LogP contribution in [0.1, 0.15) is 39.3 Å². The maximum absolute atomic E-state index is 12.6. The molecule has 27 heavy (non-hydrogen) atoms. The fourth-order valence-electron chi connectivity index (χ4n) is 3.09. The molecule has 2 N–H and O–H groups in total. The third-order valence-electron chi connectivity index (χ3n) is 4.17. The maximum atomic E-state index is 12.6. The summed E-state index contributed by atoms with van der Waals surface area (Å²) in [5.74, 6) is 0.727. The van der Waals surface area contributed by atoms with E-state index in [2.05, 4.69) is 64.3 Å². The first-order valence-electron chi connectivity index (χ1n) is 9.03. The maximum Gasteiger partial charge on any atom is 0.323 e. The molecule has 0 unspecified atom stereocenters. The number of amides is 2. The Hall–Kier alpha value is -2.41. The lowest BCUT2D eigenvalue weighted by molar-refractivity contribution is 0.262. The summed E-state index contributed by atoms with van der Waals surface area (Å²) in [6.45, 7) is 9.33. The molecule has 0 radical (unpaired) electrons. The number of urea groups is 1. The number of carbonyl (C=O) groups excluding carboxylic acids is 1. The number of hydrogen-bond acceptors (Lipinski definition) is 3. The molecule has 0 fully saturated rings. The summed E-state index contributed by atoms with van der Waals surface area (Å²) in [7, 11) is 0. The van der Waals surface area contributed by atoms with Crippen molar-refractivity contribution in [2.75, 3.05) is 10.6 Å². The molecular weight excluding hydrogens is 406 g/mol. The molecule has 7 heteroatoms. The summed E-state index contributed by atoms with van der Waals surface area (Å²) in [4.78, 5) is 17.0. The van der Waals surface area contributed by atoms with Crippen molar-refractivity contribution in [3.05, 3.63) is 46.8 Å². The van der Waals surface area contributed by atoms with Gasteiger partial charge in [-0.05, 0) is 36.1 Å². The molecule has 2 amide bonds. The zero-order valence-corrected chi connectivity index (χ0v) is 17.5. The summed E-state index contributed by atoms with van der Waals surface area (Å²) >= 11 is 3.47. The number of carbonyl (C=O) groups is 1. The van der Waals surface area contributed by atoms with Crippen molar-refractivity contribution in [1.82, 2.24) is 14.8 Å². The largest absolute Gasteiger partial charge is 0.323 e. The van der Waals surface area contributed by atoms with Gasteiger partial charge in [-0.25, -0.2) is 4.79 Å². The number of pyridine rings is 1. The number of aromatic nitrogens is 3. The minimum atomic E-state index is -0.298. The Bertz CT molecular complexity index is 964. The predicted molar refractivity (Wildman–Crippen MR) is 113 cm³/mol. The molecule has 0 saturated carbocycles. The number of halogens is 1. The number of fused-ring (bicyclic) bond motifs is 1. The molecule has 0 spiro atoms. The average molecular weight is 430 g/mol. The first-order chi connectivity index (χ1) is 12.8. The second-order valence-electron chi connectivity index (χ2n) is 7.27. The smallest absolute Gasteiger partial charge is 0.307 e. The number of anilines is 2. The van der Waals surface area contributed by atoms with Gasteiger partial charge in [0.05, 0.1) is 28.8 Å². The van der Waals surface area contributed by atoms with Gasteiger partial charge in [-0.15, -0.1) is 0 Å². The van der Waals surface area contributed by atoms with Crippen LogP contribution in [0.4, 0.5) is 16.2 Å². The predicted octanol–water partition coefficient (Wildman–Crippen LogP) is 5.62. The van der Waals surface area contributed by atoms with Crippen molar-refractivity contribution in [3.63, 3.8) is 0 Å². The van der Waals surface area contributed by atoms with Crippen molar-refractivity contribution in [2.24, 2.45) is 5.92 Å². The van der Waals surface area contributed by atoms with Crippen molar-refractivity contribution in [3.8, 4) is 0 Å². The number of benzene rings is 1. The third-order valence-corrected chi connectivity index (χ3v) is 4.66. The van der Waals surface area contributed by atoms with Gasteiger partial charge in [-0.3, -0.25) is 9.67 Å². The van der Waals surface area contributed by atoms with Crippen molar-refractivity contribution in [2.45, 2.75) is 40.2 Å². The molecule has 2 heterocycles. The number of nitrogens with zero attached hydrogens (tertiary/aromatic N) is 3. The molecule has 3 aromatic rings. The van der Waals surface area contributed by atoms with E-state index in [0.29, 0.717) is 11.6 Å². The highest BCUT2D eigenvalue weighted by atomic mass is 79.9. The van der Waals surface area contributed by atoms with E-state index in [1.54, 1.807) is 18.5 Å². The van der Waals surface area contributed by atoms with Crippen molar-refractivity contribution >= 4 is 44.2 Å². The van der Waals surface area contributed by atoms with Crippen LogP contribution in [0.15, 0.2) is 41.1 Å². The van der Waals surface area contributed by atoms with E-state index in [1.807, 2.05) is 22.9 Å². The lowest BCUT2D eigenvalue weighted by Gasteiger charge is -2.15. The van der Waals surface area contributed by atoms with Crippen LogP contribution in [0.3, 0.4) is 0 Å². The van der Waals surface area contributed by atoms with Gasteiger partial charge < -0.3 is 10.6 Å². The fraction of sp³-hybridized carbons (Fsp3) is 0.350. The van der Waals surface area contributed by atoms with Gasteiger partial charge in [0.1, 0.15) is 0 Å². The normalized spacial score (nSPS) is 11.4. The monoisotopic (exact) mass is 429 g/mol. The second-order valence-corrected chi connectivity index (χ2v) is 8.19. The topological polar surface area (TPSA) is 71.8 Å². The molecule has 0 saturated heterocycles. The van der Waals surface area contributed by atoms with E-state index >= 15 is 0 Å². The minimum absolute atomic E-state index is 0.249. The SMILES string of the molecule is CC(C)Cn1ncc(NC(=O)Nc2ccnc3ccc(Br)cc23)c1C(C)C. The molecule has 0 aliphatic heterocycles. The summed E-state index contributed by atoms with van der Waals surface area (Å²) < 4.78 is 2.91. The van der Waals surface area contributed by atoms with E-state index in [4.69, 9.17) is 0 Å². The zero-order valence-electron chi connectivity index (χ0n) is 16.0. The molecular formula is C20H24BrN5O. The molecule has 0 atom stereocenters. The van der Waals surface area contributed by atoms with Crippen LogP contribution in [0.5, 0.6) is 0 Å². The van der Waals surface area contributed by atoms with E-state index in [9.17, 15) is 4.79 Å². The molecule has 0 bridgehead atoms. The van der Waals surface area contributed by atoms with Crippen LogP contribution in [0.25, 0.3) is 10.9 Å². The van der Waals surface area contributed by atoms with E-state index in [1.165, 1.54) is 0 Å². The van der Waals surface area contributed by atoms with Crippen LogP contribution >= 0.6 is 15.9 Å². The summed E-state index contributed by atoms with van der Waals surface area (Å²) in [6, 6.07) is 7.28. The Morgan fingerprint density at radius 1 is 1.15 bits per heavy atom. The van der Waals surface area contributed by atoms with Crippen LogP contribution in [0, 0.1) is 5.92 Å². The van der Waals surface area contributed by atoms with E-state index in [-0.39, 0.29) is 11.9 Å². The Morgan fingerprint density at radius 3 is 2.59 bits per heavy atom. The van der Waals surface area contributed by atoms with Crippen LogP contribution in [-0.2, 0) is 6.54 Å². The standard InChI is InChI=1S/C20H24BrN5O/c1-12(2)11-26-19(13(3)4)18(10-23-26)25-20(27)24-17-7-8-22-16-6-5-14(21)9-15(16)17/h5-10,12-13H,11H2,1-4H3,(H2,22,24,25,27).